The van der Waals surface area contributed by atoms with Gasteiger partial charge in [0.15, 0.2) is 0 Å². The number of alkyl halides is 3. The summed E-state index contributed by atoms with van der Waals surface area (Å²) in [6.45, 7) is 3.85. The number of hydrogen-bond acceptors (Lipinski definition) is 6. The van der Waals surface area contributed by atoms with E-state index in [0.717, 1.165) is 35.1 Å². The fraction of sp³-hybridized carbons (Fsp3) is 0.316. The molecule has 0 aromatic heterocycles. The van der Waals surface area contributed by atoms with E-state index in [0.29, 0.717) is 12.1 Å². The van der Waals surface area contributed by atoms with Crippen molar-refractivity contribution in [3.63, 3.8) is 0 Å². The molecule has 11 heteroatoms. The summed E-state index contributed by atoms with van der Waals surface area (Å²) in [5.74, 6) is 0. The Balaban J connectivity index is 2.12. The highest BCUT2D eigenvalue weighted by Crippen LogP contribution is 2.41. The van der Waals surface area contributed by atoms with Crippen molar-refractivity contribution in [2.24, 2.45) is 5.10 Å². The molecule has 3 rings (SSSR count). The normalized spacial score (nSPS) is 15.0. The molecule has 0 bridgehead atoms. The van der Waals surface area contributed by atoms with Gasteiger partial charge >= 0.3 is 17.6 Å². The first-order valence-electron chi connectivity index (χ1n) is 8.96. The van der Waals surface area contributed by atoms with Crippen LogP contribution in [0.25, 0.3) is 0 Å². The molecule has 0 spiro atoms. The van der Waals surface area contributed by atoms with E-state index in [1.807, 2.05) is 26.0 Å². The van der Waals surface area contributed by atoms with Gasteiger partial charge in [0, 0.05) is 17.7 Å². The molecule has 0 aliphatic heterocycles. The molecule has 0 radical (unpaired) electrons. The number of halogens is 3. The lowest BCUT2D eigenvalue weighted by Crippen LogP contribution is -2.16. The molecule has 0 amide bonds. The van der Waals surface area contributed by atoms with Crippen molar-refractivity contribution in [1.82, 2.24) is 0 Å². The topological polar surface area (TPSA) is 111 Å². The maximum absolute atomic E-state index is 13.0. The van der Waals surface area contributed by atoms with Gasteiger partial charge < -0.3 is 0 Å². The number of nitrogens with zero attached hydrogens (tertiary/aromatic N) is 3. The first-order chi connectivity index (χ1) is 14.0. The van der Waals surface area contributed by atoms with E-state index in [-0.39, 0.29) is 12.1 Å². The largest absolute Gasteiger partial charge is 0.416 e. The van der Waals surface area contributed by atoms with E-state index < -0.39 is 38.6 Å². The summed E-state index contributed by atoms with van der Waals surface area (Å²) < 4.78 is 39.1. The van der Waals surface area contributed by atoms with Crippen LogP contribution in [0.2, 0.25) is 0 Å². The monoisotopic (exact) mass is 422 g/mol. The van der Waals surface area contributed by atoms with E-state index in [1.54, 1.807) is 0 Å². The predicted octanol–water partition coefficient (Wildman–Crippen LogP) is 5.29. The summed E-state index contributed by atoms with van der Waals surface area (Å²) in [6, 6.07) is 4.44. The fourth-order valence-corrected chi connectivity index (χ4v) is 3.57. The molecule has 2 aromatic carbocycles. The van der Waals surface area contributed by atoms with E-state index in [1.165, 1.54) is 0 Å². The average molecular weight is 422 g/mol. The van der Waals surface area contributed by atoms with Crippen molar-refractivity contribution in [3.8, 4) is 0 Å². The number of nitrogens with one attached hydrogen (secondary N) is 1. The van der Waals surface area contributed by atoms with Gasteiger partial charge in [-0.25, -0.2) is 0 Å². The van der Waals surface area contributed by atoms with Crippen molar-refractivity contribution >= 4 is 22.8 Å². The van der Waals surface area contributed by atoms with Gasteiger partial charge in [0.1, 0.15) is 0 Å². The van der Waals surface area contributed by atoms with Crippen LogP contribution in [0.15, 0.2) is 29.4 Å². The van der Waals surface area contributed by atoms with E-state index in [2.05, 4.69) is 10.5 Å². The van der Waals surface area contributed by atoms with Crippen LogP contribution >= 0.6 is 0 Å². The summed E-state index contributed by atoms with van der Waals surface area (Å²) in [7, 11) is 0. The smallest absolute Gasteiger partial charge is 0.266 e. The molecule has 0 saturated heterocycles. The van der Waals surface area contributed by atoms with Crippen LogP contribution < -0.4 is 5.43 Å². The Labute approximate surface area is 168 Å². The first kappa shape index (κ1) is 21.2. The van der Waals surface area contributed by atoms with Crippen LogP contribution in [0.3, 0.4) is 0 Å². The maximum Gasteiger partial charge on any atom is 0.416 e. The lowest BCUT2D eigenvalue weighted by Gasteiger charge is -2.21. The molecule has 158 valence electrons. The van der Waals surface area contributed by atoms with Gasteiger partial charge in [0.2, 0.25) is 5.69 Å². The van der Waals surface area contributed by atoms with E-state index >= 15 is 0 Å². The molecule has 30 heavy (non-hydrogen) atoms. The Morgan fingerprint density at radius 3 is 2.13 bits per heavy atom. The van der Waals surface area contributed by atoms with Crippen LogP contribution in [0.5, 0.6) is 0 Å². The quantitative estimate of drug-likeness (QED) is 0.532. The van der Waals surface area contributed by atoms with Gasteiger partial charge in [-0.05, 0) is 50.3 Å². The molecule has 0 atom stereocenters. The third-order valence-corrected chi connectivity index (χ3v) is 4.89. The number of nitro groups is 2. The first-order valence-corrected chi connectivity index (χ1v) is 8.96. The summed E-state index contributed by atoms with van der Waals surface area (Å²) in [5.41, 5.74) is 2.45. The number of fused-ring (bicyclic) bond motifs is 1. The van der Waals surface area contributed by atoms with Gasteiger partial charge in [-0.1, -0.05) is 11.6 Å². The summed E-state index contributed by atoms with van der Waals surface area (Å²) in [6.07, 6.45) is -2.88. The number of nitro benzene ring substituents is 2. The van der Waals surface area contributed by atoms with Gasteiger partial charge in [-0.15, -0.1) is 0 Å². The highest BCUT2D eigenvalue weighted by molar-refractivity contribution is 6.03. The minimum atomic E-state index is -4.97. The molecule has 1 N–H and O–H groups in total. The molecule has 1 aliphatic rings. The highest BCUT2D eigenvalue weighted by Gasteiger charge is 2.37. The fourth-order valence-electron chi connectivity index (χ4n) is 3.57. The van der Waals surface area contributed by atoms with Gasteiger partial charge in [-0.2, -0.15) is 18.3 Å². The molecule has 0 fully saturated rings. The second-order valence-corrected chi connectivity index (χ2v) is 7.03. The molecule has 0 heterocycles. The molecule has 1 aliphatic carbocycles. The molecule has 0 saturated carbocycles. The van der Waals surface area contributed by atoms with Gasteiger partial charge in [0.25, 0.3) is 0 Å². The third-order valence-electron chi connectivity index (χ3n) is 4.89. The third kappa shape index (κ3) is 4.09. The van der Waals surface area contributed by atoms with Crippen molar-refractivity contribution in [3.05, 3.63) is 72.3 Å². The molecule has 2 aromatic rings. The van der Waals surface area contributed by atoms with Crippen LogP contribution in [-0.2, 0) is 12.6 Å². The minimum absolute atomic E-state index is 0.263. The maximum atomic E-state index is 13.0. The minimum Gasteiger partial charge on any atom is -0.266 e. The van der Waals surface area contributed by atoms with Crippen LogP contribution in [0, 0.1) is 34.1 Å². The highest BCUT2D eigenvalue weighted by atomic mass is 19.4. The van der Waals surface area contributed by atoms with E-state index in [4.69, 9.17) is 0 Å². The molecular formula is C19H17F3N4O4. The Bertz CT molecular complexity index is 1050. The number of rotatable bonds is 4. The van der Waals surface area contributed by atoms with Gasteiger partial charge in [-0.3, -0.25) is 25.7 Å². The second-order valence-electron chi connectivity index (χ2n) is 7.03. The number of aryl methyl sites for hydroxylation is 2. The van der Waals surface area contributed by atoms with Crippen molar-refractivity contribution < 1.29 is 23.0 Å². The Morgan fingerprint density at radius 2 is 1.60 bits per heavy atom. The SMILES string of the molecule is Cc1cc(C)c2c(c1)C(=NNc1c([N+](=O)[O-])cc(C(F)(F)F)cc1[N+](=O)[O-])CCC2. The summed E-state index contributed by atoms with van der Waals surface area (Å²) >= 11 is 0. The zero-order chi connectivity index (χ0) is 22.2. The summed E-state index contributed by atoms with van der Waals surface area (Å²) in [4.78, 5) is 20.5. The van der Waals surface area contributed by atoms with E-state index in [9.17, 15) is 33.4 Å². The number of benzene rings is 2. The van der Waals surface area contributed by atoms with Crippen LogP contribution in [0.1, 0.15) is 40.7 Å². The lowest BCUT2D eigenvalue weighted by molar-refractivity contribution is -0.392. The van der Waals surface area contributed by atoms with Gasteiger partial charge in [0.05, 0.1) is 21.1 Å². The van der Waals surface area contributed by atoms with Crippen molar-refractivity contribution in [1.29, 1.82) is 0 Å². The van der Waals surface area contributed by atoms with Crippen LogP contribution in [0.4, 0.5) is 30.2 Å². The zero-order valence-corrected chi connectivity index (χ0v) is 16.0. The lowest BCUT2D eigenvalue weighted by atomic mass is 9.86. The molecular weight excluding hydrogens is 405 g/mol. The average Bonchev–Trinajstić information content (AvgIpc) is 2.64. The Hall–Kier alpha value is -3.50. The standard InChI is InChI=1S/C19H17F3N4O4/c1-10-6-11(2)13-4-3-5-15(14(13)7-10)23-24-18-16(25(27)28)8-12(19(20,21)22)9-17(18)26(29)30/h6-9,24H,3-5H2,1-2H3. The van der Waals surface area contributed by atoms with Crippen molar-refractivity contribution in [2.45, 2.75) is 39.3 Å². The molecule has 8 nitrogen and oxygen atoms in total. The second kappa shape index (κ2) is 7.73. The zero-order valence-electron chi connectivity index (χ0n) is 16.0. The number of hydrazone groups is 1. The predicted molar refractivity (Wildman–Crippen MR) is 104 cm³/mol. The van der Waals surface area contributed by atoms with Crippen LogP contribution in [-0.4, -0.2) is 15.6 Å². The number of hydrogen-bond donors (Lipinski definition) is 1. The summed E-state index contributed by atoms with van der Waals surface area (Å²) in [5, 5.41) is 26.8. The Kier molecular flexibility index (Phi) is 5.47. The Morgan fingerprint density at radius 1 is 1.00 bits per heavy atom. The number of anilines is 1. The molecule has 0 unspecified atom stereocenters. The van der Waals surface area contributed by atoms with Crippen molar-refractivity contribution in [2.75, 3.05) is 5.43 Å².